The van der Waals surface area contributed by atoms with E-state index in [1.54, 1.807) is 16.7 Å². The molecular weight excluding hydrogens is 284 g/mol. The lowest BCUT2D eigenvalue weighted by Gasteiger charge is -2.34. The van der Waals surface area contributed by atoms with Gasteiger partial charge in [-0.25, -0.2) is 0 Å². The quantitative estimate of drug-likeness (QED) is 0.867. The third-order valence-electron chi connectivity index (χ3n) is 3.55. The molecule has 1 aromatic carbocycles. The van der Waals surface area contributed by atoms with Crippen LogP contribution in [0.2, 0.25) is 0 Å². The fourth-order valence-electron chi connectivity index (χ4n) is 2.63. The highest BCUT2D eigenvalue weighted by atomic mass is 32.2. The molecule has 2 unspecified atom stereocenters. The number of hydrogen-bond donors (Lipinski definition) is 1. The second kappa shape index (κ2) is 7.50. The molecule has 0 saturated carbocycles. The van der Waals surface area contributed by atoms with E-state index in [9.17, 15) is 9.59 Å². The highest BCUT2D eigenvalue weighted by Crippen LogP contribution is 2.13. The van der Waals surface area contributed by atoms with Gasteiger partial charge in [0.25, 0.3) is 0 Å². The van der Waals surface area contributed by atoms with Crippen LogP contribution in [0.25, 0.3) is 0 Å². The minimum absolute atomic E-state index is 0.0337. The van der Waals surface area contributed by atoms with Crippen molar-refractivity contribution in [1.82, 2.24) is 10.2 Å². The molecule has 0 bridgehead atoms. The molecule has 2 rings (SSSR count). The van der Waals surface area contributed by atoms with E-state index >= 15 is 0 Å². The van der Waals surface area contributed by atoms with Crippen molar-refractivity contribution in [2.24, 2.45) is 5.92 Å². The van der Waals surface area contributed by atoms with Gasteiger partial charge in [0.15, 0.2) is 0 Å². The zero-order valence-electron chi connectivity index (χ0n) is 12.5. The Kier molecular flexibility index (Phi) is 5.67. The first-order valence-corrected chi connectivity index (χ1v) is 8.60. The Labute approximate surface area is 130 Å². The normalized spacial score (nSPS) is 20.3. The number of hydrogen-bond acceptors (Lipinski definition) is 3. The highest BCUT2D eigenvalue weighted by molar-refractivity contribution is 7.98. The Morgan fingerprint density at radius 1 is 1.33 bits per heavy atom. The average Bonchev–Trinajstić information content (AvgIpc) is 2.45. The Hall–Kier alpha value is -1.49. The molecule has 1 heterocycles. The number of nitrogens with zero attached hydrogens (tertiary/aromatic N) is 1. The van der Waals surface area contributed by atoms with Gasteiger partial charge < -0.3 is 10.2 Å². The summed E-state index contributed by atoms with van der Waals surface area (Å²) in [5.41, 5.74) is 1.06. The maximum atomic E-state index is 12.5. The van der Waals surface area contributed by atoms with Crippen molar-refractivity contribution >= 4 is 23.6 Å². The molecule has 1 aliphatic heterocycles. The molecule has 1 fully saturated rings. The minimum Gasteiger partial charge on any atom is -0.342 e. The largest absolute Gasteiger partial charge is 0.342 e. The summed E-state index contributed by atoms with van der Waals surface area (Å²) in [6.45, 7) is 2.95. The second-order valence-corrected chi connectivity index (χ2v) is 6.50. The summed E-state index contributed by atoms with van der Waals surface area (Å²) in [5, 5.41) is 2.81. The van der Waals surface area contributed by atoms with Crippen molar-refractivity contribution in [1.29, 1.82) is 0 Å². The molecule has 0 aromatic heterocycles. The van der Waals surface area contributed by atoms with Crippen LogP contribution in [0.15, 0.2) is 30.3 Å². The summed E-state index contributed by atoms with van der Waals surface area (Å²) in [7, 11) is 0. The van der Waals surface area contributed by atoms with Crippen LogP contribution in [0.5, 0.6) is 0 Å². The number of rotatable bonds is 6. The number of piperazine rings is 1. The molecule has 2 atom stereocenters. The van der Waals surface area contributed by atoms with E-state index in [4.69, 9.17) is 0 Å². The lowest BCUT2D eigenvalue weighted by Crippen LogP contribution is -2.59. The van der Waals surface area contributed by atoms with E-state index in [0.29, 0.717) is 18.9 Å². The lowest BCUT2D eigenvalue weighted by atomic mass is 10.0. The Morgan fingerprint density at radius 3 is 2.71 bits per heavy atom. The minimum atomic E-state index is -0.435. The van der Waals surface area contributed by atoms with Gasteiger partial charge in [-0.1, -0.05) is 37.3 Å². The van der Waals surface area contributed by atoms with Gasteiger partial charge in [-0.15, -0.1) is 0 Å². The van der Waals surface area contributed by atoms with Crippen LogP contribution < -0.4 is 5.32 Å². The van der Waals surface area contributed by atoms with E-state index in [1.807, 2.05) is 30.3 Å². The molecule has 1 aliphatic rings. The van der Waals surface area contributed by atoms with Crippen LogP contribution in [0, 0.1) is 5.92 Å². The van der Waals surface area contributed by atoms with Gasteiger partial charge in [-0.05, 0) is 23.5 Å². The van der Waals surface area contributed by atoms with Gasteiger partial charge in [0, 0.05) is 13.0 Å². The third kappa shape index (κ3) is 4.49. The molecule has 0 radical (unpaired) electrons. The predicted molar refractivity (Wildman–Crippen MR) is 86.2 cm³/mol. The Bertz CT molecular complexity index is 492. The first kappa shape index (κ1) is 15.9. The SMILES string of the molecule is CSCC(C)CN1CC(=O)NC(Cc2ccccc2)C1=O. The molecule has 21 heavy (non-hydrogen) atoms. The van der Waals surface area contributed by atoms with E-state index in [2.05, 4.69) is 18.5 Å². The molecule has 1 aromatic rings. The predicted octanol–water partition coefficient (Wildman–Crippen LogP) is 1.56. The zero-order valence-corrected chi connectivity index (χ0v) is 13.4. The Morgan fingerprint density at radius 2 is 2.05 bits per heavy atom. The van der Waals surface area contributed by atoms with Crippen molar-refractivity contribution in [3.05, 3.63) is 35.9 Å². The van der Waals surface area contributed by atoms with Crippen LogP contribution >= 0.6 is 11.8 Å². The number of thioether (sulfide) groups is 1. The summed E-state index contributed by atoms with van der Waals surface area (Å²) in [6.07, 6.45) is 2.61. The number of carbonyl (C=O) groups excluding carboxylic acids is 2. The molecule has 5 heteroatoms. The summed E-state index contributed by atoms with van der Waals surface area (Å²) in [5.74, 6) is 1.36. The molecule has 2 amide bonds. The van der Waals surface area contributed by atoms with E-state index in [-0.39, 0.29) is 18.4 Å². The van der Waals surface area contributed by atoms with Crippen molar-refractivity contribution < 1.29 is 9.59 Å². The molecule has 0 spiro atoms. The molecule has 0 aliphatic carbocycles. The monoisotopic (exact) mass is 306 g/mol. The summed E-state index contributed by atoms with van der Waals surface area (Å²) in [4.78, 5) is 26.1. The molecule has 1 N–H and O–H groups in total. The summed E-state index contributed by atoms with van der Waals surface area (Å²) in [6, 6.07) is 9.37. The van der Waals surface area contributed by atoms with Gasteiger partial charge in [-0.3, -0.25) is 9.59 Å². The smallest absolute Gasteiger partial charge is 0.245 e. The fourth-order valence-corrected chi connectivity index (χ4v) is 3.30. The van der Waals surface area contributed by atoms with Gasteiger partial charge in [0.1, 0.15) is 6.04 Å². The molecule has 4 nitrogen and oxygen atoms in total. The van der Waals surface area contributed by atoms with Gasteiger partial charge in [0.2, 0.25) is 11.8 Å². The second-order valence-electron chi connectivity index (χ2n) is 5.59. The van der Waals surface area contributed by atoms with E-state index in [0.717, 1.165) is 11.3 Å². The first-order valence-electron chi connectivity index (χ1n) is 7.21. The van der Waals surface area contributed by atoms with Crippen LogP contribution in [0.3, 0.4) is 0 Å². The topological polar surface area (TPSA) is 49.4 Å². The number of carbonyl (C=O) groups is 2. The first-order chi connectivity index (χ1) is 10.1. The van der Waals surface area contributed by atoms with Crippen LogP contribution in [0.1, 0.15) is 12.5 Å². The number of amides is 2. The number of benzene rings is 1. The van der Waals surface area contributed by atoms with Crippen LogP contribution in [-0.4, -0.2) is 47.9 Å². The zero-order chi connectivity index (χ0) is 15.2. The summed E-state index contributed by atoms with van der Waals surface area (Å²) < 4.78 is 0. The Balaban J connectivity index is 2.01. The van der Waals surface area contributed by atoms with E-state index in [1.165, 1.54) is 0 Å². The standard InChI is InChI=1S/C16H22N2O2S/c1-12(11-21-2)9-18-10-15(19)17-14(16(18)20)8-13-6-4-3-5-7-13/h3-7,12,14H,8-11H2,1-2H3,(H,17,19). The van der Waals surface area contributed by atoms with Crippen LogP contribution in [-0.2, 0) is 16.0 Å². The number of nitrogens with one attached hydrogen (secondary N) is 1. The fraction of sp³-hybridized carbons (Fsp3) is 0.500. The van der Waals surface area contributed by atoms with Gasteiger partial charge in [-0.2, -0.15) is 11.8 Å². The third-order valence-corrected chi connectivity index (χ3v) is 4.45. The molecular formula is C16H22N2O2S. The van der Waals surface area contributed by atoms with Crippen LogP contribution in [0.4, 0.5) is 0 Å². The lowest BCUT2D eigenvalue weighted by molar-refractivity contribution is -0.144. The van der Waals surface area contributed by atoms with Gasteiger partial charge in [0.05, 0.1) is 6.54 Å². The van der Waals surface area contributed by atoms with Crippen molar-refractivity contribution in [3.8, 4) is 0 Å². The maximum Gasteiger partial charge on any atom is 0.245 e. The summed E-state index contributed by atoms with van der Waals surface area (Å²) >= 11 is 1.77. The molecule has 114 valence electrons. The van der Waals surface area contributed by atoms with Gasteiger partial charge >= 0.3 is 0 Å². The maximum absolute atomic E-state index is 12.5. The highest BCUT2D eigenvalue weighted by Gasteiger charge is 2.33. The average molecular weight is 306 g/mol. The van der Waals surface area contributed by atoms with E-state index < -0.39 is 6.04 Å². The van der Waals surface area contributed by atoms with Crippen molar-refractivity contribution in [3.63, 3.8) is 0 Å². The van der Waals surface area contributed by atoms with Crippen molar-refractivity contribution in [2.75, 3.05) is 25.1 Å². The molecule has 1 saturated heterocycles. The van der Waals surface area contributed by atoms with Crippen molar-refractivity contribution in [2.45, 2.75) is 19.4 Å².